The quantitative estimate of drug-likeness (QED) is 0.644. The third-order valence-electron chi connectivity index (χ3n) is 4.07. The topological polar surface area (TPSA) is 66.9 Å². The fraction of sp³-hybridized carbons (Fsp3) is 0.190. The third-order valence-corrected chi connectivity index (χ3v) is 4.07. The minimum atomic E-state index is -0.306. The summed E-state index contributed by atoms with van der Waals surface area (Å²) in [5.41, 5.74) is 2.07. The maximum absolute atomic E-state index is 13.6. The summed E-state index contributed by atoms with van der Waals surface area (Å²) >= 11 is 0. The average molecular weight is 364 g/mol. The lowest BCUT2D eigenvalue weighted by molar-refractivity contribution is 0.0949. The van der Waals surface area contributed by atoms with Crippen LogP contribution >= 0.6 is 0 Å². The lowest BCUT2D eigenvalue weighted by atomic mass is 10.1. The summed E-state index contributed by atoms with van der Waals surface area (Å²) in [6, 6.07) is 18.2. The van der Waals surface area contributed by atoms with E-state index in [4.69, 9.17) is 0 Å². The fourth-order valence-corrected chi connectivity index (χ4v) is 2.64. The molecular formula is C21H21FN4O. The van der Waals surface area contributed by atoms with Crippen LogP contribution in [0, 0.1) is 5.82 Å². The van der Waals surface area contributed by atoms with Gasteiger partial charge < -0.3 is 10.6 Å². The number of aromatic nitrogens is 2. The van der Waals surface area contributed by atoms with Crippen molar-refractivity contribution in [1.82, 2.24) is 15.3 Å². The van der Waals surface area contributed by atoms with Crippen molar-refractivity contribution in [3.63, 3.8) is 0 Å². The number of hydrogen-bond acceptors (Lipinski definition) is 4. The first-order valence-electron chi connectivity index (χ1n) is 8.85. The Balaban J connectivity index is 1.48. The van der Waals surface area contributed by atoms with Crippen LogP contribution in [0.25, 0.3) is 0 Å². The highest BCUT2D eigenvalue weighted by Crippen LogP contribution is 2.07. The van der Waals surface area contributed by atoms with E-state index in [9.17, 15) is 9.18 Å². The van der Waals surface area contributed by atoms with Gasteiger partial charge in [0, 0.05) is 19.3 Å². The Morgan fingerprint density at radius 2 is 1.70 bits per heavy atom. The highest BCUT2D eigenvalue weighted by Gasteiger charge is 2.09. The number of rotatable bonds is 8. The monoisotopic (exact) mass is 364 g/mol. The minimum absolute atomic E-state index is 0.265. The van der Waals surface area contributed by atoms with Gasteiger partial charge in [0.05, 0.1) is 0 Å². The summed E-state index contributed by atoms with van der Waals surface area (Å²) in [5.74, 6) is -0.161. The molecule has 2 aromatic carbocycles. The standard InChI is InChI=1S/C21H21FN4O/c22-18-9-5-4-8-17(18)11-14-23-20(27)19-12-15-25-21(26-19)24-13-10-16-6-2-1-3-7-16/h1-9,12,15H,10-11,13-14H2,(H,23,27)(H,24,25,26). The van der Waals surface area contributed by atoms with E-state index in [-0.39, 0.29) is 17.4 Å². The Kier molecular flexibility index (Phi) is 6.46. The first-order chi connectivity index (χ1) is 13.2. The lowest BCUT2D eigenvalue weighted by Gasteiger charge is -2.08. The van der Waals surface area contributed by atoms with Crippen LogP contribution in [0.3, 0.4) is 0 Å². The molecule has 0 aliphatic carbocycles. The van der Waals surface area contributed by atoms with Crippen molar-refractivity contribution in [3.05, 3.63) is 89.5 Å². The van der Waals surface area contributed by atoms with Crippen molar-refractivity contribution in [1.29, 1.82) is 0 Å². The molecule has 0 radical (unpaired) electrons. The number of carbonyl (C=O) groups excluding carboxylic acids is 1. The number of carbonyl (C=O) groups is 1. The van der Waals surface area contributed by atoms with Gasteiger partial charge in [0.1, 0.15) is 11.5 Å². The van der Waals surface area contributed by atoms with Crippen molar-refractivity contribution in [2.75, 3.05) is 18.4 Å². The van der Waals surface area contributed by atoms with Gasteiger partial charge in [-0.05, 0) is 36.1 Å². The Labute approximate surface area is 157 Å². The SMILES string of the molecule is O=C(NCCc1ccccc1F)c1ccnc(NCCc2ccccc2)n1. The highest BCUT2D eigenvalue weighted by atomic mass is 19.1. The molecule has 2 N–H and O–H groups in total. The molecule has 0 atom stereocenters. The van der Waals surface area contributed by atoms with Gasteiger partial charge >= 0.3 is 0 Å². The summed E-state index contributed by atoms with van der Waals surface area (Å²) < 4.78 is 13.6. The van der Waals surface area contributed by atoms with Crippen LogP contribution in [0.2, 0.25) is 0 Å². The molecule has 0 fully saturated rings. The van der Waals surface area contributed by atoms with Gasteiger partial charge in [0.2, 0.25) is 5.95 Å². The van der Waals surface area contributed by atoms with E-state index in [2.05, 4.69) is 32.7 Å². The molecule has 0 aliphatic heterocycles. The van der Waals surface area contributed by atoms with Gasteiger partial charge in [-0.15, -0.1) is 0 Å². The number of halogens is 1. The molecule has 5 nitrogen and oxygen atoms in total. The average Bonchev–Trinajstić information content (AvgIpc) is 2.70. The number of hydrogen-bond donors (Lipinski definition) is 2. The zero-order valence-electron chi connectivity index (χ0n) is 14.9. The summed E-state index contributed by atoms with van der Waals surface area (Å²) in [5, 5.41) is 5.89. The molecule has 6 heteroatoms. The summed E-state index contributed by atoms with van der Waals surface area (Å²) in [7, 11) is 0. The maximum atomic E-state index is 13.6. The zero-order chi connectivity index (χ0) is 18.9. The molecular weight excluding hydrogens is 343 g/mol. The van der Waals surface area contributed by atoms with E-state index in [0.29, 0.717) is 31.0 Å². The van der Waals surface area contributed by atoms with Gasteiger partial charge in [0.25, 0.3) is 5.91 Å². The first-order valence-corrected chi connectivity index (χ1v) is 8.85. The lowest BCUT2D eigenvalue weighted by Crippen LogP contribution is -2.27. The van der Waals surface area contributed by atoms with Gasteiger partial charge in [-0.2, -0.15) is 0 Å². The molecule has 27 heavy (non-hydrogen) atoms. The van der Waals surface area contributed by atoms with E-state index < -0.39 is 0 Å². The highest BCUT2D eigenvalue weighted by molar-refractivity contribution is 5.92. The fourth-order valence-electron chi connectivity index (χ4n) is 2.64. The number of amides is 1. The van der Waals surface area contributed by atoms with Crippen LogP contribution in [0.4, 0.5) is 10.3 Å². The van der Waals surface area contributed by atoms with Gasteiger partial charge in [-0.3, -0.25) is 4.79 Å². The zero-order valence-corrected chi connectivity index (χ0v) is 14.9. The molecule has 1 aromatic heterocycles. The molecule has 0 bridgehead atoms. The third kappa shape index (κ3) is 5.60. The van der Waals surface area contributed by atoms with Crippen molar-refractivity contribution in [2.45, 2.75) is 12.8 Å². The predicted molar refractivity (Wildman–Crippen MR) is 103 cm³/mol. The van der Waals surface area contributed by atoms with Crippen molar-refractivity contribution >= 4 is 11.9 Å². The van der Waals surface area contributed by atoms with Crippen LogP contribution in [0.1, 0.15) is 21.6 Å². The smallest absolute Gasteiger partial charge is 0.270 e. The normalized spacial score (nSPS) is 10.4. The molecule has 3 aromatic rings. The maximum Gasteiger partial charge on any atom is 0.270 e. The van der Waals surface area contributed by atoms with Crippen LogP contribution in [-0.4, -0.2) is 29.0 Å². The van der Waals surface area contributed by atoms with Crippen molar-refractivity contribution in [3.8, 4) is 0 Å². The molecule has 1 amide bonds. The first kappa shape index (κ1) is 18.5. The molecule has 0 saturated carbocycles. The van der Waals surface area contributed by atoms with E-state index in [1.54, 1.807) is 30.5 Å². The minimum Gasteiger partial charge on any atom is -0.354 e. The largest absolute Gasteiger partial charge is 0.354 e. The van der Waals surface area contributed by atoms with E-state index in [0.717, 1.165) is 6.42 Å². The molecule has 1 heterocycles. The number of benzene rings is 2. The van der Waals surface area contributed by atoms with E-state index in [1.165, 1.54) is 11.6 Å². The second kappa shape index (κ2) is 9.43. The molecule has 0 saturated heterocycles. The number of anilines is 1. The Bertz CT molecular complexity index is 886. The Morgan fingerprint density at radius 1 is 0.926 bits per heavy atom. The van der Waals surface area contributed by atoms with Gasteiger partial charge in [-0.25, -0.2) is 14.4 Å². The van der Waals surface area contributed by atoms with Gasteiger partial charge in [-0.1, -0.05) is 48.5 Å². The molecule has 0 spiro atoms. The van der Waals surface area contributed by atoms with E-state index >= 15 is 0 Å². The second-order valence-electron chi connectivity index (χ2n) is 6.03. The Hall–Kier alpha value is -3.28. The molecule has 138 valence electrons. The van der Waals surface area contributed by atoms with Crippen LogP contribution in [0.5, 0.6) is 0 Å². The summed E-state index contributed by atoms with van der Waals surface area (Å²) in [6.07, 6.45) is 2.80. The van der Waals surface area contributed by atoms with Crippen molar-refractivity contribution in [2.24, 2.45) is 0 Å². The number of nitrogens with one attached hydrogen (secondary N) is 2. The summed E-state index contributed by atoms with van der Waals surface area (Å²) in [6.45, 7) is 1.00. The van der Waals surface area contributed by atoms with Gasteiger partial charge in [0.15, 0.2) is 0 Å². The Morgan fingerprint density at radius 3 is 2.52 bits per heavy atom. The van der Waals surface area contributed by atoms with Crippen LogP contribution < -0.4 is 10.6 Å². The van der Waals surface area contributed by atoms with Crippen molar-refractivity contribution < 1.29 is 9.18 Å². The predicted octanol–water partition coefficient (Wildman–Crippen LogP) is 3.24. The summed E-state index contributed by atoms with van der Waals surface area (Å²) in [4.78, 5) is 20.6. The van der Waals surface area contributed by atoms with E-state index in [1.807, 2.05) is 18.2 Å². The molecule has 3 rings (SSSR count). The second-order valence-corrected chi connectivity index (χ2v) is 6.03. The molecule has 0 unspecified atom stereocenters. The van der Waals surface area contributed by atoms with Crippen LogP contribution in [-0.2, 0) is 12.8 Å². The van der Waals surface area contributed by atoms with Crippen LogP contribution in [0.15, 0.2) is 66.9 Å². The molecule has 0 aliphatic rings. The number of nitrogens with zero attached hydrogens (tertiary/aromatic N) is 2.